The smallest absolute Gasteiger partial charge is 0.227 e. The van der Waals surface area contributed by atoms with Crippen LogP contribution in [0.4, 0.5) is 0 Å². The molecule has 3 rings (SSSR count). The van der Waals surface area contributed by atoms with E-state index < -0.39 is 10.8 Å². The first-order chi connectivity index (χ1) is 10.6. The summed E-state index contributed by atoms with van der Waals surface area (Å²) in [6.45, 7) is 2.51. The van der Waals surface area contributed by atoms with E-state index in [1.54, 1.807) is 16.2 Å². The number of carbonyl (C=O) groups is 1. The Bertz CT molecular complexity index is 669. The van der Waals surface area contributed by atoms with E-state index in [1.807, 2.05) is 23.8 Å². The lowest BCUT2D eigenvalue weighted by molar-refractivity contribution is -0.132. The molecule has 0 aliphatic carbocycles. The van der Waals surface area contributed by atoms with Crippen molar-refractivity contribution in [1.82, 2.24) is 15.0 Å². The van der Waals surface area contributed by atoms with Gasteiger partial charge in [0, 0.05) is 58.7 Å². The zero-order valence-electron chi connectivity index (χ0n) is 12.2. The predicted molar refractivity (Wildman–Crippen MR) is 85.0 cm³/mol. The Labute approximate surface area is 135 Å². The third-order valence-electron chi connectivity index (χ3n) is 3.64. The highest BCUT2D eigenvalue weighted by atomic mass is 32.2. The highest BCUT2D eigenvalue weighted by molar-refractivity contribution is 7.85. The van der Waals surface area contributed by atoms with Crippen molar-refractivity contribution in [3.63, 3.8) is 0 Å². The summed E-state index contributed by atoms with van der Waals surface area (Å²) in [5.74, 6) is 2.22. The molecule has 1 amide bonds. The molecule has 0 saturated carbocycles. The van der Waals surface area contributed by atoms with Crippen LogP contribution in [0.2, 0.25) is 0 Å². The van der Waals surface area contributed by atoms with Crippen molar-refractivity contribution < 1.29 is 13.5 Å². The maximum atomic E-state index is 12.3. The maximum absolute atomic E-state index is 12.3. The summed E-state index contributed by atoms with van der Waals surface area (Å²) in [7, 11) is -0.795. The molecule has 0 bridgehead atoms. The van der Waals surface area contributed by atoms with Gasteiger partial charge in [0.1, 0.15) is 0 Å². The molecule has 118 valence electrons. The first-order valence-corrected chi connectivity index (χ1v) is 9.56. The standard InChI is InChI=1S/C14H17N3O3S2/c1-10-9-22(19)7-5-17(10)13(18)3-2-12-15-14(16-20-12)11-4-6-21-8-11/h4,6,8,10H,2-3,5,7,9H2,1H3/t10-,22-/m0/s1. The van der Waals surface area contributed by atoms with Crippen molar-refractivity contribution in [3.05, 3.63) is 22.7 Å². The third-order valence-corrected chi connectivity index (χ3v) is 5.81. The largest absolute Gasteiger partial charge is 0.339 e. The van der Waals surface area contributed by atoms with E-state index in [4.69, 9.17) is 4.52 Å². The Kier molecular flexibility index (Phi) is 4.68. The van der Waals surface area contributed by atoms with E-state index in [0.717, 1.165) is 5.56 Å². The van der Waals surface area contributed by atoms with Crippen LogP contribution in [0.3, 0.4) is 0 Å². The molecular weight excluding hydrogens is 322 g/mol. The minimum Gasteiger partial charge on any atom is -0.339 e. The van der Waals surface area contributed by atoms with Gasteiger partial charge in [-0.05, 0) is 18.4 Å². The highest BCUT2D eigenvalue weighted by Crippen LogP contribution is 2.19. The van der Waals surface area contributed by atoms with Crippen LogP contribution in [0.15, 0.2) is 21.3 Å². The molecule has 22 heavy (non-hydrogen) atoms. The molecule has 0 unspecified atom stereocenters. The number of nitrogens with zero attached hydrogens (tertiary/aromatic N) is 3. The van der Waals surface area contributed by atoms with E-state index in [-0.39, 0.29) is 11.9 Å². The Balaban J connectivity index is 1.56. The Morgan fingerprint density at radius 3 is 3.18 bits per heavy atom. The molecule has 0 aromatic carbocycles. The minimum absolute atomic E-state index is 0.0335. The fourth-order valence-electron chi connectivity index (χ4n) is 2.46. The van der Waals surface area contributed by atoms with Gasteiger partial charge in [-0.15, -0.1) is 0 Å². The molecule has 0 spiro atoms. The lowest BCUT2D eigenvalue weighted by Crippen LogP contribution is -2.48. The van der Waals surface area contributed by atoms with Crippen molar-refractivity contribution in [2.75, 3.05) is 18.1 Å². The minimum atomic E-state index is -0.795. The summed E-state index contributed by atoms with van der Waals surface area (Å²) in [5, 5.41) is 7.84. The van der Waals surface area contributed by atoms with Gasteiger partial charge in [0.15, 0.2) is 0 Å². The monoisotopic (exact) mass is 339 g/mol. The fraction of sp³-hybridized carbons (Fsp3) is 0.500. The summed E-state index contributed by atoms with van der Waals surface area (Å²) >= 11 is 1.57. The molecule has 2 atom stereocenters. The molecule has 6 nitrogen and oxygen atoms in total. The van der Waals surface area contributed by atoms with E-state index >= 15 is 0 Å². The van der Waals surface area contributed by atoms with Gasteiger partial charge >= 0.3 is 0 Å². The summed E-state index contributed by atoms with van der Waals surface area (Å²) in [6, 6.07) is 1.96. The molecule has 8 heteroatoms. The van der Waals surface area contributed by atoms with Crippen LogP contribution >= 0.6 is 11.3 Å². The van der Waals surface area contributed by atoms with Gasteiger partial charge in [0.05, 0.1) is 0 Å². The maximum Gasteiger partial charge on any atom is 0.227 e. The van der Waals surface area contributed by atoms with E-state index in [1.165, 1.54) is 0 Å². The second-order valence-corrected chi connectivity index (χ2v) is 7.67. The van der Waals surface area contributed by atoms with E-state index in [9.17, 15) is 9.00 Å². The average Bonchev–Trinajstić information content (AvgIpc) is 3.16. The molecule has 2 aromatic heterocycles. The van der Waals surface area contributed by atoms with Crippen LogP contribution in [0.1, 0.15) is 19.2 Å². The molecule has 1 fully saturated rings. The lowest BCUT2D eigenvalue weighted by Gasteiger charge is -2.32. The Morgan fingerprint density at radius 1 is 1.59 bits per heavy atom. The van der Waals surface area contributed by atoms with Crippen LogP contribution in [-0.2, 0) is 22.0 Å². The van der Waals surface area contributed by atoms with Gasteiger partial charge in [-0.2, -0.15) is 16.3 Å². The van der Waals surface area contributed by atoms with Gasteiger partial charge in [0.2, 0.25) is 17.6 Å². The average molecular weight is 339 g/mol. The number of hydrogen-bond donors (Lipinski definition) is 0. The van der Waals surface area contributed by atoms with Gasteiger partial charge in [0.25, 0.3) is 0 Å². The number of hydrogen-bond acceptors (Lipinski definition) is 6. The Hall–Kier alpha value is -1.54. The van der Waals surface area contributed by atoms with Gasteiger partial charge in [-0.1, -0.05) is 5.16 Å². The van der Waals surface area contributed by atoms with Crippen LogP contribution in [0.5, 0.6) is 0 Å². The topological polar surface area (TPSA) is 76.3 Å². The number of amides is 1. The molecule has 1 aliphatic heterocycles. The van der Waals surface area contributed by atoms with Crippen LogP contribution in [-0.4, -0.2) is 49.2 Å². The molecular formula is C14H17N3O3S2. The second-order valence-electron chi connectivity index (χ2n) is 5.27. The van der Waals surface area contributed by atoms with Crippen molar-refractivity contribution in [3.8, 4) is 11.4 Å². The van der Waals surface area contributed by atoms with Gasteiger partial charge in [-0.3, -0.25) is 9.00 Å². The summed E-state index contributed by atoms with van der Waals surface area (Å²) in [5.41, 5.74) is 0.929. The lowest BCUT2D eigenvalue weighted by atomic mass is 10.2. The number of aryl methyl sites for hydroxylation is 1. The molecule has 3 heterocycles. The van der Waals surface area contributed by atoms with Crippen molar-refractivity contribution in [1.29, 1.82) is 0 Å². The Morgan fingerprint density at radius 2 is 2.45 bits per heavy atom. The molecule has 0 radical (unpaired) electrons. The molecule has 0 N–H and O–H groups in total. The zero-order valence-corrected chi connectivity index (χ0v) is 13.9. The summed E-state index contributed by atoms with van der Waals surface area (Å²) in [6.07, 6.45) is 0.768. The van der Waals surface area contributed by atoms with E-state index in [0.29, 0.717) is 42.6 Å². The van der Waals surface area contributed by atoms with E-state index in [2.05, 4.69) is 10.1 Å². The fourth-order valence-corrected chi connectivity index (χ4v) is 4.38. The number of carbonyl (C=O) groups excluding carboxylic acids is 1. The summed E-state index contributed by atoms with van der Waals surface area (Å²) in [4.78, 5) is 18.4. The van der Waals surface area contributed by atoms with Crippen molar-refractivity contribution >= 4 is 28.0 Å². The predicted octanol–water partition coefficient (Wildman–Crippen LogP) is 1.71. The van der Waals surface area contributed by atoms with Crippen LogP contribution in [0.25, 0.3) is 11.4 Å². The van der Waals surface area contributed by atoms with Crippen molar-refractivity contribution in [2.24, 2.45) is 0 Å². The van der Waals surface area contributed by atoms with Crippen LogP contribution < -0.4 is 0 Å². The van der Waals surface area contributed by atoms with Gasteiger partial charge in [-0.25, -0.2) is 0 Å². The zero-order chi connectivity index (χ0) is 15.5. The quantitative estimate of drug-likeness (QED) is 0.847. The summed E-state index contributed by atoms with van der Waals surface area (Å²) < 4.78 is 16.7. The highest BCUT2D eigenvalue weighted by Gasteiger charge is 2.26. The van der Waals surface area contributed by atoms with Gasteiger partial charge < -0.3 is 9.42 Å². The number of rotatable bonds is 4. The molecule has 1 aliphatic rings. The number of aromatic nitrogens is 2. The van der Waals surface area contributed by atoms with Crippen LogP contribution in [0, 0.1) is 0 Å². The second kappa shape index (κ2) is 6.70. The first-order valence-electron chi connectivity index (χ1n) is 7.13. The SMILES string of the molecule is C[C@H]1C[S@@](=O)CCN1C(=O)CCc1nc(-c2ccsc2)no1. The normalized spacial score (nSPS) is 22.0. The molecule has 2 aromatic rings. The molecule has 1 saturated heterocycles. The third kappa shape index (κ3) is 3.44. The first kappa shape index (κ1) is 15.4. The van der Waals surface area contributed by atoms with Crippen molar-refractivity contribution in [2.45, 2.75) is 25.8 Å². The number of thiophene rings is 1.